The highest BCUT2D eigenvalue weighted by Gasteiger charge is 2.17. The van der Waals surface area contributed by atoms with Gasteiger partial charge in [0.2, 0.25) is 5.95 Å². The van der Waals surface area contributed by atoms with Crippen molar-refractivity contribution < 1.29 is 9.21 Å². The zero-order valence-corrected chi connectivity index (χ0v) is 19.2. The first-order valence-corrected chi connectivity index (χ1v) is 11.2. The van der Waals surface area contributed by atoms with E-state index >= 15 is 0 Å². The van der Waals surface area contributed by atoms with Crippen molar-refractivity contribution in [3.05, 3.63) is 93.7 Å². The van der Waals surface area contributed by atoms with Gasteiger partial charge in [-0.05, 0) is 56.7 Å². The van der Waals surface area contributed by atoms with Crippen molar-refractivity contribution in [1.82, 2.24) is 14.9 Å². The lowest BCUT2D eigenvalue weighted by Crippen LogP contribution is -2.33. The van der Waals surface area contributed by atoms with Crippen LogP contribution in [0.4, 0.5) is 5.95 Å². The number of carbonyl (C=O) groups is 1. The van der Waals surface area contributed by atoms with E-state index in [-0.39, 0.29) is 11.5 Å². The summed E-state index contributed by atoms with van der Waals surface area (Å²) in [7, 11) is 0. The Morgan fingerprint density at radius 1 is 1.09 bits per heavy atom. The van der Waals surface area contributed by atoms with Gasteiger partial charge in [0.1, 0.15) is 5.76 Å². The van der Waals surface area contributed by atoms with Gasteiger partial charge in [-0.15, -0.1) is 0 Å². The van der Waals surface area contributed by atoms with E-state index in [1.165, 1.54) is 5.56 Å². The van der Waals surface area contributed by atoms with Crippen molar-refractivity contribution in [3.8, 4) is 0 Å². The Bertz CT molecular complexity index is 1300. The van der Waals surface area contributed by atoms with E-state index in [1.54, 1.807) is 41.2 Å². The zero-order chi connectivity index (χ0) is 23.4. The Balaban J connectivity index is 1.73. The number of amides is 1. The molecule has 1 amide bonds. The number of nitrogens with zero attached hydrogens (tertiary/aromatic N) is 3. The maximum Gasteiger partial charge on any atom is 0.263 e. The van der Waals surface area contributed by atoms with Gasteiger partial charge in [-0.3, -0.25) is 14.2 Å². The average Bonchev–Trinajstić information content (AvgIpc) is 3.35. The SMILES string of the molecule is CCN(CC)c1nc2cc(C(=O)NCc3ccco3)ccc2c(=O)n1Cc1ccc(C)cc1. The summed E-state index contributed by atoms with van der Waals surface area (Å²) >= 11 is 0. The molecule has 7 heteroatoms. The molecule has 0 atom stereocenters. The van der Waals surface area contributed by atoms with Crippen molar-refractivity contribution in [2.75, 3.05) is 18.0 Å². The maximum absolute atomic E-state index is 13.5. The smallest absolute Gasteiger partial charge is 0.263 e. The number of nitrogens with one attached hydrogen (secondary N) is 1. The van der Waals surface area contributed by atoms with Crippen LogP contribution in [-0.4, -0.2) is 28.5 Å². The Hall–Kier alpha value is -3.87. The minimum Gasteiger partial charge on any atom is -0.467 e. The van der Waals surface area contributed by atoms with E-state index in [9.17, 15) is 9.59 Å². The number of carbonyl (C=O) groups excluding carboxylic acids is 1. The number of aryl methyl sites for hydroxylation is 1. The third-order valence-electron chi connectivity index (χ3n) is 5.71. The van der Waals surface area contributed by atoms with E-state index in [0.29, 0.717) is 54.4 Å². The van der Waals surface area contributed by atoms with Gasteiger partial charge in [-0.1, -0.05) is 29.8 Å². The molecule has 7 nitrogen and oxygen atoms in total. The zero-order valence-electron chi connectivity index (χ0n) is 19.2. The van der Waals surface area contributed by atoms with E-state index in [2.05, 4.69) is 10.2 Å². The molecule has 170 valence electrons. The lowest BCUT2D eigenvalue weighted by atomic mass is 10.1. The van der Waals surface area contributed by atoms with Crippen LogP contribution in [0.1, 0.15) is 41.1 Å². The van der Waals surface area contributed by atoms with Crippen LogP contribution in [0, 0.1) is 6.92 Å². The van der Waals surface area contributed by atoms with Gasteiger partial charge in [0.05, 0.1) is 30.3 Å². The molecule has 0 spiro atoms. The minimum atomic E-state index is -0.247. The molecule has 1 N–H and O–H groups in total. The van der Waals surface area contributed by atoms with Gasteiger partial charge in [0.15, 0.2) is 0 Å². The molecule has 0 saturated heterocycles. The maximum atomic E-state index is 13.5. The van der Waals surface area contributed by atoms with Gasteiger partial charge in [-0.25, -0.2) is 4.98 Å². The number of anilines is 1. The molecule has 4 rings (SSSR count). The van der Waals surface area contributed by atoms with Crippen molar-refractivity contribution >= 4 is 22.8 Å². The second-order valence-electron chi connectivity index (χ2n) is 7.95. The normalized spacial score (nSPS) is 11.0. The molecule has 0 aliphatic rings. The molecule has 2 aromatic heterocycles. The molecule has 0 aliphatic carbocycles. The van der Waals surface area contributed by atoms with Crippen LogP contribution in [-0.2, 0) is 13.1 Å². The van der Waals surface area contributed by atoms with Crippen LogP contribution >= 0.6 is 0 Å². The Morgan fingerprint density at radius 2 is 1.85 bits per heavy atom. The van der Waals surface area contributed by atoms with Crippen molar-refractivity contribution in [3.63, 3.8) is 0 Å². The number of furan rings is 1. The van der Waals surface area contributed by atoms with Crippen molar-refractivity contribution in [2.45, 2.75) is 33.9 Å². The molecule has 0 fully saturated rings. The Kier molecular flexibility index (Phi) is 6.58. The number of aromatic nitrogens is 2. The first-order valence-electron chi connectivity index (χ1n) is 11.2. The fourth-order valence-electron chi connectivity index (χ4n) is 3.80. The minimum absolute atomic E-state index is 0.120. The summed E-state index contributed by atoms with van der Waals surface area (Å²) in [6, 6.07) is 16.7. The largest absolute Gasteiger partial charge is 0.467 e. The van der Waals surface area contributed by atoms with E-state index < -0.39 is 0 Å². The first kappa shape index (κ1) is 22.3. The molecule has 0 unspecified atom stereocenters. The second kappa shape index (κ2) is 9.73. The second-order valence-corrected chi connectivity index (χ2v) is 7.95. The van der Waals surface area contributed by atoms with Crippen LogP contribution in [0.5, 0.6) is 0 Å². The highest BCUT2D eigenvalue weighted by molar-refractivity contribution is 5.97. The van der Waals surface area contributed by atoms with Gasteiger partial charge in [-0.2, -0.15) is 0 Å². The molecular formula is C26H28N4O3. The lowest BCUT2D eigenvalue weighted by Gasteiger charge is -2.24. The van der Waals surface area contributed by atoms with E-state index in [4.69, 9.17) is 9.40 Å². The Labute approximate surface area is 192 Å². The number of hydrogen-bond acceptors (Lipinski definition) is 5. The number of hydrogen-bond donors (Lipinski definition) is 1. The number of fused-ring (bicyclic) bond motifs is 1. The molecule has 0 aliphatic heterocycles. The van der Waals surface area contributed by atoms with Gasteiger partial charge in [0.25, 0.3) is 11.5 Å². The van der Waals surface area contributed by atoms with Gasteiger partial charge >= 0.3 is 0 Å². The molecule has 4 aromatic rings. The molecule has 0 bridgehead atoms. The van der Waals surface area contributed by atoms with Crippen LogP contribution < -0.4 is 15.8 Å². The fraction of sp³-hybridized carbons (Fsp3) is 0.269. The standard InChI is InChI=1S/C26H28N4O3/c1-4-29(5-2)26-28-23-15-20(24(31)27-16-21-7-6-14-33-21)12-13-22(23)25(32)30(26)17-19-10-8-18(3)9-11-19/h6-15H,4-5,16-17H2,1-3H3,(H,27,31). The first-order chi connectivity index (χ1) is 16.0. The number of rotatable bonds is 8. The highest BCUT2D eigenvalue weighted by atomic mass is 16.3. The predicted molar refractivity (Wildman–Crippen MR) is 130 cm³/mol. The summed E-state index contributed by atoms with van der Waals surface area (Å²) in [4.78, 5) is 33.1. The third-order valence-corrected chi connectivity index (χ3v) is 5.71. The molecule has 2 aromatic carbocycles. The third kappa shape index (κ3) is 4.82. The topological polar surface area (TPSA) is 80.4 Å². The molecule has 0 radical (unpaired) electrons. The molecule has 33 heavy (non-hydrogen) atoms. The van der Waals surface area contributed by atoms with Gasteiger partial charge in [0, 0.05) is 18.7 Å². The highest BCUT2D eigenvalue weighted by Crippen LogP contribution is 2.18. The van der Waals surface area contributed by atoms with Gasteiger partial charge < -0.3 is 14.6 Å². The summed E-state index contributed by atoms with van der Waals surface area (Å²) in [5.41, 5.74) is 3.04. The van der Waals surface area contributed by atoms with Crippen LogP contribution in [0.3, 0.4) is 0 Å². The van der Waals surface area contributed by atoms with Crippen LogP contribution in [0.15, 0.2) is 70.1 Å². The summed E-state index contributed by atoms with van der Waals surface area (Å²) in [6.45, 7) is 8.26. The fourth-order valence-corrected chi connectivity index (χ4v) is 3.80. The molecule has 0 saturated carbocycles. The van der Waals surface area contributed by atoms with Crippen LogP contribution in [0.25, 0.3) is 10.9 Å². The van der Waals surface area contributed by atoms with E-state index in [1.807, 2.05) is 45.0 Å². The summed E-state index contributed by atoms with van der Waals surface area (Å²) < 4.78 is 6.98. The Morgan fingerprint density at radius 3 is 2.52 bits per heavy atom. The summed E-state index contributed by atoms with van der Waals surface area (Å²) in [6.07, 6.45) is 1.57. The van der Waals surface area contributed by atoms with Crippen molar-refractivity contribution in [2.24, 2.45) is 0 Å². The number of benzene rings is 2. The quantitative estimate of drug-likeness (QED) is 0.442. The summed E-state index contributed by atoms with van der Waals surface area (Å²) in [5.74, 6) is 1.03. The monoisotopic (exact) mass is 444 g/mol. The van der Waals surface area contributed by atoms with Crippen LogP contribution in [0.2, 0.25) is 0 Å². The van der Waals surface area contributed by atoms with E-state index in [0.717, 1.165) is 5.56 Å². The molecular weight excluding hydrogens is 416 g/mol. The van der Waals surface area contributed by atoms with Crippen molar-refractivity contribution in [1.29, 1.82) is 0 Å². The predicted octanol–water partition coefficient (Wildman–Crippen LogP) is 4.12. The lowest BCUT2D eigenvalue weighted by molar-refractivity contribution is 0.0948. The molecule has 2 heterocycles. The summed E-state index contributed by atoms with van der Waals surface area (Å²) in [5, 5.41) is 3.32. The average molecular weight is 445 g/mol.